The van der Waals surface area contributed by atoms with Gasteiger partial charge in [-0.1, -0.05) is 24.3 Å². The first-order valence-corrected chi connectivity index (χ1v) is 11.0. The van der Waals surface area contributed by atoms with Crippen LogP contribution in [0.2, 0.25) is 0 Å². The van der Waals surface area contributed by atoms with Crippen molar-refractivity contribution in [3.63, 3.8) is 0 Å². The number of hydrogen-bond acceptors (Lipinski definition) is 5. The SMILES string of the molecule is COc1cc(C)c(CN2CCN(CC(=O)NCCc3ccccc3C)CC2)cc1OC. The van der Waals surface area contributed by atoms with E-state index in [1.165, 1.54) is 22.3 Å². The third-order valence-electron chi connectivity index (χ3n) is 6.05. The summed E-state index contributed by atoms with van der Waals surface area (Å²) < 4.78 is 10.8. The van der Waals surface area contributed by atoms with Gasteiger partial charge < -0.3 is 14.8 Å². The molecule has 0 radical (unpaired) electrons. The molecular formula is C25H35N3O3. The second-order valence-corrected chi connectivity index (χ2v) is 8.21. The maximum atomic E-state index is 12.3. The third-order valence-corrected chi connectivity index (χ3v) is 6.05. The zero-order valence-electron chi connectivity index (χ0n) is 19.2. The number of piperazine rings is 1. The van der Waals surface area contributed by atoms with Crippen LogP contribution in [0, 0.1) is 13.8 Å². The molecule has 1 aliphatic rings. The number of carbonyl (C=O) groups is 1. The Balaban J connectivity index is 1.41. The van der Waals surface area contributed by atoms with Gasteiger partial charge in [-0.2, -0.15) is 0 Å². The molecule has 1 fully saturated rings. The molecule has 0 aromatic heterocycles. The van der Waals surface area contributed by atoms with Gasteiger partial charge in [0.15, 0.2) is 11.5 Å². The number of nitrogens with one attached hydrogen (secondary N) is 1. The molecule has 0 bridgehead atoms. The summed E-state index contributed by atoms with van der Waals surface area (Å²) in [5.74, 6) is 1.64. The zero-order valence-corrected chi connectivity index (χ0v) is 19.2. The smallest absolute Gasteiger partial charge is 0.234 e. The summed E-state index contributed by atoms with van der Waals surface area (Å²) in [7, 11) is 3.33. The quantitative estimate of drug-likeness (QED) is 0.670. The highest BCUT2D eigenvalue weighted by molar-refractivity contribution is 5.78. The van der Waals surface area contributed by atoms with E-state index in [2.05, 4.69) is 47.2 Å². The summed E-state index contributed by atoms with van der Waals surface area (Å²) in [6, 6.07) is 12.4. The molecule has 1 N–H and O–H groups in total. The van der Waals surface area contributed by atoms with Gasteiger partial charge in [-0.15, -0.1) is 0 Å². The number of ether oxygens (including phenoxy) is 2. The van der Waals surface area contributed by atoms with Gasteiger partial charge in [0, 0.05) is 39.3 Å². The highest BCUT2D eigenvalue weighted by Gasteiger charge is 2.20. The maximum Gasteiger partial charge on any atom is 0.234 e. The van der Waals surface area contributed by atoms with Crippen molar-refractivity contribution in [3.8, 4) is 11.5 Å². The van der Waals surface area contributed by atoms with Gasteiger partial charge in [-0.3, -0.25) is 14.6 Å². The number of rotatable bonds is 9. The van der Waals surface area contributed by atoms with Gasteiger partial charge >= 0.3 is 0 Å². The molecule has 1 aliphatic heterocycles. The number of aryl methyl sites for hydroxylation is 2. The fraction of sp³-hybridized carbons (Fsp3) is 0.480. The van der Waals surface area contributed by atoms with Crippen molar-refractivity contribution in [2.24, 2.45) is 0 Å². The molecular weight excluding hydrogens is 390 g/mol. The first-order chi connectivity index (χ1) is 15.0. The highest BCUT2D eigenvalue weighted by Crippen LogP contribution is 2.30. The van der Waals surface area contributed by atoms with Crippen LogP contribution in [0.3, 0.4) is 0 Å². The van der Waals surface area contributed by atoms with Crippen molar-refractivity contribution in [3.05, 3.63) is 58.7 Å². The number of methoxy groups -OCH3 is 2. The lowest BCUT2D eigenvalue weighted by Crippen LogP contribution is -2.49. The molecule has 168 valence electrons. The minimum absolute atomic E-state index is 0.109. The zero-order chi connectivity index (χ0) is 22.2. The van der Waals surface area contributed by atoms with Crippen LogP contribution < -0.4 is 14.8 Å². The van der Waals surface area contributed by atoms with E-state index in [-0.39, 0.29) is 5.91 Å². The predicted octanol–water partition coefficient (Wildman–Crippen LogP) is 2.80. The standard InChI is InChI=1S/C25H35N3O3/c1-19-7-5-6-8-21(19)9-10-26-25(29)18-28-13-11-27(12-14-28)17-22-16-24(31-4)23(30-3)15-20(22)2/h5-8,15-16H,9-14,17-18H2,1-4H3,(H,26,29). The van der Waals surface area contributed by atoms with Crippen molar-refractivity contribution in [2.75, 3.05) is 53.5 Å². The number of hydrogen-bond donors (Lipinski definition) is 1. The van der Waals surface area contributed by atoms with Gasteiger partial charge in [0.25, 0.3) is 0 Å². The first-order valence-electron chi connectivity index (χ1n) is 11.0. The Bertz CT molecular complexity index is 876. The molecule has 0 atom stereocenters. The molecule has 31 heavy (non-hydrogen) atoms. The molecule has 0 saturated carbocycles. The lowest BCUT2D eigenvalue weighted by Gasteiger charge is -2.34. The molecule has 1 heterocycles. The fourth-order valence-electron chi connectivity index (χ4n) is 4.03. The average molecular weight is 426 g/mol. The Morgan fingerprint density at radius 2 is 1.55 bits per heavy atom. The van der Waals surface area contributed by atoms with Crippen molar-refractivity contribution >= 4 is 5.91 Å². The van der Waals surface area contributed by atoms with Crippen LogP contribution in [0.1, 0.15) is 22.3 Å². The van der Waals surface area contributed by atoms with Crippen LogP contribution in [0.15, 0.2) is 36.4 Å². The predicted molar refractivity (Wildman–Crippen MR) is 124 cm³/mol. The van der Waals surface area contributed by atoms with Crippen LogP contribution >= 0.6 is 0 Å². The van der Waals surface area contributed by atoms with Gasteiger partial charge in [-0.25, -0.2) is 0 Å². The van der Waals surface area contributed by atoms with Crippen molar-refractivity contribution < 1.29 is 14.3 Å². The van der Waals surface area contributed by atoms with Crippen molar-refractivity contribution in [1.29, 1.82) is 0 Å². The van der Waals surface area contributed by atoms with E-state index in [0.717, 1.165) is 50.6 Å². The number of benzene rings is 2. The Morgan fingerprint density at radius 1 is 0.903 bits per heavy atom. The first kappa shape index (κ1) is 23.1. The molecule has 6 nitrogen and oxygen atoms in total. The van der Waals surface area contributed by atoms with Gasteiger partial charge in [-0.05, 0) is 54.7 Å². The summed E-state index contributed by atoms with van der Waals surface area (Å²) in [5.41, 5.74) is 5.02. The topological polar surface area (TPSA) is 54.0 Å². The van der Waals surface area contributed by atoms with Crippen LogP contribution in [-0.4, -0.2) is 69.2 Å². The molecule has 3 rings (SSSR count). The summed E-state index contributed by atoms with van der Waals surface area (Å²) in [4.78, 5) is 17.0. The molecule has 0 aliphatic carbocycles. The van der Waals surface area contributed by atoms with E-state index in [4.69, 9.17) is 9.47 Å². The van der Waals surface area contributed by atoms with E-state index >= 15 is 0 Å². The lowest BCUT2D eigenvalue weighted by molar-refractivity contribution is -0.122. The molecule has 0 unspecified atom stereocenters. The Morgan fingerprint density at radius 3 is 2.23 bits per heavy atom. The second kappa shape index (κ2) is 11.2. The van der Waals surface area contributed by atoms with E-state index in [0.29, 0.717) is 13.1 Å². The molecule has 1 amide bonds. The second-order valence-electron chi connectivity index (χ2n) is 8.21. The van der Waals surface area contributed by atoms with E-state index in [1.54, 1.807) is 14.2 Å². The molecule has 6 heteroatoms. The van der Waals surface area contributed by atoms with Crippen molar-refractivity contribution in [1.82, 2.24) is 15.1 Å². The maximum absolute atomic E-state index is 12.3. The monoisotopic (exact) mass is 425 g/mol. The van der Waals surface area contributed by atoms with Gasteiger partial charge in [0.05, 0.1) is 20.8 Å². The Labute approximate surface area is 186 Å². The minimum Gasteiger partial charge on any atom is -0.493 e. The van der Waals surface area contributed by atoms with E-state index in [1.807, 2.05) is 18.2 Å². The summed E-state index contributed by atoms with van der Waals surface area (Å²) >= 11 is 0. The number of carbonyl (C=O) groups excluding carboxylic acids is 1. The van der Waals surface area contributed by atoms with Crippen LogP contribution in [0.4, 0.5) is 0 Å². The van der Waals surface area contributed by atoms with Crippen LogP contribution in [-0.2, 0) is 17.8 Å². The molecule has 0 spiro atoms. The fourth-order valence-corrected chi connectivity index (χ4v) is 4.03. The minimum atomic E-state index is 0.109. The molecule has 2 aromatic rings. The summed E-state index contributed by atoms with van der Waals surface area (Å²) in [5, 5.41) is 3.07. The number of amides is 1. The van der Waals surface area contributed by atoms with Crippen LogP contribution in [0.5, 0.6) is 11.5 Å². The Kier molecular flexibility index (Phi) is 8.32. The number of nitrogens with zero attached hydrogens (tertiary/aromatic N) is 2. The van der Waals surface area contributed by atoms with Gasteiger partial charge in [0.1, 0.15) is 0 Å². The highest BCUT2D eigenvalue weighted by atomic mass is 16.5. The third kappa shape index (κ3) is 6.45. The summed E-state index contributed by atoms with van der Waals surface area (Å²) in [6.45, 7) is 9.94. The van der Waals surface area contributed by atoms with E-state index in [9.17, 15) is 4.79 Å². The average Bonchev–Trinajstić information content (AvgIpc) is 2.77. The largest absolute Gasteiger partial charge is 0.493 e. The molecule has 2 aromatic carbocycles. The Hall–Kier alpha value is -2.57. The van der Waals surface area contributed by atoms with Gasteiger partial charge in [0.2, 0.25) is 5.91 Å². The van der Waals surface area contributed by atoms with Crippen LogP contribution in [0.25, 0.3) is 0 Å². The lowest BCUT2D eigenvalue weighted by atomic mass is 10.1. The molecule has 1 saturated heterocycles. The van der Waals surface area contributed by atoms with Crippen molar-refractivity contribution in [2.45, 2.75) is 26.8 Å². The normalized spacial score (nSPS) is 15.0. The van der Waals surface area contributed by atoms with E-state index < -0.39 is 0 Å². The summed E-state index contributed by atoms with van der Waals surface area (Å²) in [6.07, 6.45) is 0.872.